The maximum Gasteiger partial charge on any atom is 0.231 e. The highest BCUT2D eigenvalue weighted by Gasteiger charge is 2.20. The van der Waals surface area contributed by atoms with E-state index in [1.807, 2.05) is 50.8 Å². The van der Waals surface area contributed by atoms with Crippen LogP contribution in [0.3, 0.4) is 0 Å². The second kappa shape index (κ2) is 7.76. The number of ether oxygens (including phenoxy) is 2. The first-order valence-corrected chi connectivity index (χ1v) is 8.96. The molecule has 2 aromatic rings. The van der Waals surface area contributed by atoms with Crippen LogP contribution in [-0.2, 0) is 11.2 Å². The first-order valence-electron chi connectivity index (χ1n) is 8.96. The number of hydrogen-bond acceptors (Lipinski definition) is 6. The van der Waals surface area contributed by atoms with Crippen molar-refractivity contribution in [1.29, 1.82) is 0 Å². The molecule has 26 heavy (non-hydrogen) atoms. The molecule has 0 aliphatic carbocycles. The molecule has 0 atom stereocenters. The topological polar surface area (TPSA) is 77.7 Å². The van der Waals surface area contributed by atoms with Gasteiger partial charge in [-0.2, -0.15) is 4.98 Å². The molecule has 0 saturated heterocycles. The molecule has 1 aromatic carbocycles. The summed E-state index contributed by atoms with van der Waals surface area (Å²) in [7, 11) is 0. The lowest BCUT2D eigenvalue weighted by Crippen LogP contribution is -2.39. The van der Waals surface area contributed by atoms with Crippen LogP contribution >= 0.6 is 0 Å². The Balaban J connectivity index is 1.65. The molecular weight excluding hydrogens is 334 g/mol. The summed E-state index contributed by atoms with van der Waals surface area (Å²) in [5.74, 6) is 2.91. The number of aromatic nitrogens is 2. The lowest BCUT2D eigenvalue weighted by Gasteiger charge is -2.27. The Morgan fingerprint density at radius 3 is 2.69 bits per heavy atom. The van der Waals surface area contributed by atoms with Crippen LogP contribution < -0.4 is 9.47 Å². The summed E-state index contributed by atoms with van der Waals surface area (Å²) in [4.78, 5) is 18.7. The molecule has 1 aliphatic rings. The average Bonchev–Trinajstić information content (AvgIpc) is 3.22. The average molecular weight is 359 g/mol. The van der Waals surface area contributed by atoms with Crippen molar-refractivity contribution in [1.82, 2.24) is 15.0 Å². The van der Waals surface area contributed by atoms with Crippen molar-refractivity contribution in [2.75, 3.05) is 13.3 Å². The smallest absolute Gasteiger partial charge is 0.231 e. The third-order valence-electron chi connectivity index (χ3n) is 4.19. The predicted octanol–water partition coefficient (Wildman–Crippen LogP) is 3.29. The molecule has 1 amide bonds. The Kier molecular flexibility index (Phi) is 5.44. The van der Waals surface area contributed by atoms with Crippen molar-refractivity contribution < 1.29 is 18.8 Å². The second-order valence-corrected chi connectivity index (χ2v) is 7.11. The van der Waals surface area contributed by atoms with Gasteiger partial charge < -0.3 is 18.9 Å². The zero-order valence-corrected chi connectivity index (χ0v) is 15.7. The van der Waals surface area contributed by atoms with Crippen LogP contribution in [-0.4, -0.2) is 40.3 Å². The summed E-state index contributed by atoms with van der Waals surface area (Å²) in [6.07, 6.45) is 1.07. The van der Waals surface area contributed by atoms with Gasteiger partial charge >= 0.3 is 0 Å². The maximum absolute atomic E-state index is 12.4. The van der Waals surface area contributed by atoms with Crippen LogP contribution in [0.1, 0.15) is 40.0 Å². The zero-order valence-electron chi connectivity index (χ0n) is 15.7. The molecule has 0 N–H and O–H groups in total. The molecule has 7 heteroatoms. The number of fused-ring (bicyclic) bond motifs is 1. The minimum atomic E-state index is 0.137. The zero-order chi connectivity index (χ0) is 18.7. The van der Waals surface area contributed by atoms with Crippen molar-refractivity contribution in [3.63, 3.8) is 0 Å². The summed E-state index contributed by atoms with van der Waals surface area (Å²) < 4.78 is 16.0. The van der Waals surface area contributed by atoms with Gasteiger partial charge in [0.25, 0.3) is 0 Å². The standard InChI is InChI=1S/C19H25N3O4/c1-12(2)9-18(23)22(13(3)4)8-7-17-20-19(21-26-17)14-5-6-15-16(10-14)25-11-24-15/h5-6,10,12-13H,7-9,11H2,1-4H3. The summed E-state index contributed by atoms with van der Waals surface area (Å²) in [6, 6.07) is 5.68. The number of amides is 1. The number of nitrogens with zero attached hydrogens (tertiary/aromatic N) is 3. The van der Waals surface area contributed by atoms with Crippen molar-refractivity contribution >= 4 is 5.91 Å². The van der Waals surface area contributed by atoms with Gasteiger partial charge in [0.05, 0.1) is 0 Å². The lowest BCUT2D eigenvalue weighted by atomic mass is 10.1. The number of hydrogen-bond donors (Lipinski definition) is 0. The lowest BCUT2D eigenvalue weighted by molar-refractivity contribution is -0.133. The Morgan fingerprint density at radius 2 is 1.96 bits per heavy atom. The van der Waals surface area contributed by atoms with E-state index in [9.17, 15) is 4.79 Å². The number of carbonyl (C=O) groups is 1. The fourth-order valence-corrected chi connectivity index (χ4v) is 2.86. The monoisotopic (exact) mass is 359 g/mol. The molecule has 0 fully saturated rings. The first-order chi connectivity index (χ1) is 12.4. The summed E-state index contributed by atoms with van der Waals surface area (Å²) >= 11 is 0. The number of benzene rings is 1. The van der Waals surface area contributed by atoms with Gasteiger partial charge in [0.2, 0.25) is 24.4 Å². The quantitative estimate of drug-likeness (QED) is 0.755. The fourth-order valence-electron chi connectivity index (χ4n) is 2.86. The molecule has 0 unspecified atom stereocenters. The molecule has 1 aliphatic heterocycles. The second-order valence-electron chi connectivity index (χ2n) is 7.11. The first kappa shape index (κ1) is 18.2. The molecule has 0 radical (unpaired) electrons. The Morgan fingerprint density at radius 1 is 1.19 bits per heavy atom. The van der Waals surface area contributed by atoms with Crippen LogP contribution in [0.15, 0.2) is 22.7 Å². The van der Waals surface area contributed by atoms with E-state index in [4.69, 9.17) is 14.0 Å². The van der Waals surface area contributed by atoms with Crippen molar-refractivity contribution in [3.05, 3.63) is 24.1 Å². The van der Waals surface area contributed by atoms with Crippen LogP contribution in [0.5, 0.6) is 11.5 Å². The Hall–Kier alpha value is -2.57. The van der Waals surface area contributed by atoms with E-state index in [2.05, 4.69) is 10.1 Å². The third kappa shape index (κ3) is 4.15. The summed E-state index contributed by atoms with van der Waals surface area (Å²) in [6.45, 7) is 8.92. The van der Waals surface area contributed by atoms with Crippen LogP contribution in [0, 0.1) is 5.92 Å². The molecule has 7 nitrogen and oxygen atoms in total. The van der Waals surface area contributed by atoms with E-state index in [-0.39, 0.29) is 18.7 Å². The van der Waals surface area contributed by atoms with Crippen LogP contribution in [0.25, 0.3) is 11.4 Å². The van der Waals surface area contributed by atoms with Gasteiger partial charge in [-0.15, -0.1) is 0 Å². The maximum atomic E-state index is 12.4. The van der Waals surface area contributed by atoms with Gasteiger partial charge in [-0.3, -0.25) is 4.79 Å². The molecule has 140 valence electrons. The van der Waals surface area contributed by atoms with Crippen LogP contribution in [0.2, 0.25) is 0 Å². The van der Waals surface area contributed by atoms with E-state index >= 15 is 0 Å². The molecule has 0 saturated carbocycles. The van der Waals surface area contributed by atoms with E-state index in [1.165, 1.54) is 0 Å². The molecule has 3 rings (SSSR count). The molecule has 0 spiro atoms. The fraction of sp³-hybridized carbons (Fsp3) is 0.526. The van der Waals surface area contributed by atoms with E-state index < -0.39 is 0 Å². The molecule has 1 aromatic heterocycles. The normalized spacial score (nSPS) is 12.8. The van der Waals surface area contributed by atoms with E-state index in [1.54, 1.807) is 0 Å². The highest BCUT2D eigenvalue weighted by atomic mass is 16.7. The number of rotatable bonds is 7. The summed E-state index contributed by atoms with van der Waals surface area (Å²) in [5.41, 5.74) is 0.806. The SMILES string of the molecule is CC(C)CC(=O)N(CCc1nc(-c2ccc3c(c2)OCO3)no1)C(C)C. The highest BCUT2D eigenvalue weighted by molar-refractivity contribution is 5.76. The van der Waals surface area contributed by atoms with E-state index in [0.29, 0.717) is 48.5 Å². The van der Waals surface area contributed by atoms with Gasteiger partial charge in [0, 0.05) is 31.0 Å². The van der Waals surface area contributed by atoms with Crippen molar-refractivity contribution in [2.45, 2.75) is 46.6 Å². The Bertz CT molecular complexity index is 770. The molecular formula is C19H25N3O4. The predicted molar refractivity (Wildman–Crippen MR) is 95.9 cm³/mol. The number of carbonyl (C=O) groups excluding carboxylic acids is 1. The van der Waals surface area contributed by atoms with E-state index in [0.717, 1.165) is 5.56 Å². The largest absolute Gasteiger partial charge is 0.454 e. The van der Waals surface area contributed by atoms with Gasteiger partial charge in [0.1, 0.15) is 0 Å². The summed E-state index contributed by atoms with van der Waals surface area (Å²) in [5, 5.41) is 4.04. The van der Waals surface area contributed by atoms with Crippen molar-refractivity contribution in [2.24, 2.45) is 5.92 Å². The molecule has 2 heterocycles. The van der Waals surface area contributed by atoms with Crippen molar-refractivity contribution in [3.8, 4) is 22.9 Å². The van der Waals surface area contributed by atoms with Gasteiger partial charge in [-0.05, 0) is 38.0 Å². The minimum Gasteiger partial charge on any atom is -0.454 e. The minimum absolute atomic E-state index is 0.137. The molecule has 0 bridgehead atoms. The van der Waals surface area contributed by atoms with Gasteiger partial charge in [-0.1, -0.05) is 19.0 Å². The van der Waals surface area contributed by atoms with Gasteiger partial charge in [0.15, 0.2) is 11.5 Å². The highest BCUT2D eigenvalue weighted by Crippen LogP contribution is 2.35. The van der Waals surface area contributed by atoms with Crippen LogP contribution in [0.4, 0.5) is 0 Å². The van der Waals surface area contributed by atoms with Gasteiger partial charge in [-0.25, -0.2) is 0 Å². The third-order valence-corrected chi connectivity index (χ3v) is 4.19. The Labute approximate surface area is 153 Å².